The summed E-state index contributed by atoms with van der Waals surface area (Å²) < 4.78 is 4.95. The monoisotopic (exact) mass is 164 g/mol. The second-order valence-electron chi connectivity index (χ2n) is 2.28. The molecular formula is C9H8O3. The zero-order chi connectivity index (χ0) is 8.97. The minimum absolute atomic E-state index is 0.0398. The van der Waals surface area contributed by atoms with Gasteiger partial charge in [0.25, 0.3) is 0 Å². The number of carboxylic acids is 1. The van der Waals surface area contributed by atoms with Crippen LogP contribution >= 0.6 is 0 Å². The van der Waals surface area contributed by atoms with Gasteiger partial charge in [-0.05, 0) is 12.1 Å². The molecule has 1 aromatic heterocycles. The second kappa shape index (κ2) is 3.63. The summed E-state index contributed by atoms with van der Waals surface area (Å²) in [6.45, 7) is 0. The normalized spacial score (nSPS) is 9.25. The van der Waals surface area contributed by atoms with Gasteiger partial charge in [0.15, 0.2) is 0 Å². The summed E-state index contributed by atoms with van der Waals surface area (Å²) in [6, 6.07) is 3.05. The molecule has 0 saturated heterocycles. The van der Waals surface area contributed by atoms with Gasteiger partial charge in [-0.25, -0.2) is 4.79 Å². The minimum atomic E-state index is -1.05. The summed E-state index contributed by atoms with van der Waals surface area (Å²) >= 11 is 0. The van der Waals surface area contributed by atoms with E-state index < -0.39 is 5.97 Å². The van der Waals surface area contributed by atoms with Gasteiger partial charge in [0.05, 0.1) is 0 Å². The molecule has 0 radical (unpaired) electrons. The number of terminal acetylenes is 1. The summed E-state index contributed by atoms with van der Waals surface area (Å²) in [4.78, 5) is 10.4. The lowest BCUT2D eigenvalue weighted by Crippen LogP contribution is -1.91. The molecule has 1 N–H and O–H groups in total. The van der Waals surface area contributed by atoms with Crippen LogP contribution in [0.25, 0.3) is 0 Å². The summed E-state index contributed by atoms with van der Waals surface area (Å²) in [5, 5.41) is 8.49. The van der Waals surface area contributed by atoms with Crippen molar-refractivity contribution in [2.45, 2.75) is 12.8 Å². The SMILES string of the molecule is C#CCCc1ccc(C(=O)O)o1. The van der Waals surface area contributed by atoms with Crippen molar-refractivity contribution >= 4 is 5.97 Å². The Morgan fingerprint density at radius 1 is 1.67 bits per heavy atom. The highest BCUT2D eigenvalue weighted by Crippen LogP contribution is 2.09. The van der Waals surface area contributed by atoms with Crippen molar-refractivity contribution in [2.24, 2.45) is 0 Å². The van der Waals surface area contributed by atoms with Gasteiger partial charge in [0.2, 0.25) is 5.76 Å². The largest absolute Gasteiger partial charge is 0.475 e. The fourth-order valence-electron chi connectivity index (χ4n) is 0.823. The maximum absolute atomic E-state index is 10.4. The van der Waals surface area contributed by atoms with Crippen LogP contribution in [-0.4, -0.2) is 11.1 Å². The molecule has 0 saturated carbocycles. The van der Waals surface area contributed by atoms with Crippen LogP contribution in [0.15, 0.2) is 16.5 Å². The predicted molar refractivity (Wildman–Crippen MR) is 42.8 cm³/mol. The van der Waals surface area contributed by atoms with Crippen LogP contribution < -0.4 is 0 Å². The molecule has 0 aliphatic carbocycles. The first kappa shape index (κ1) is 8.41. The molecule has 1 heterocycles. The van der Waals surface area contributed by atoms with Crippen molar-refractivity contribution in [1.82, 2.24) is 0 Å². The molecule has 0 atom stereocenters. The zero-order valence-electron chi connectivity index (χ0n) is 6.41. The number of carboxylic acid groups (broad SMARTS) is 1. The van der Waals surface area contributed by atoms with Crippen LogP contribution in [0, 0.1) is 12.3 Å². The Balaban J connectivity index is 2.66. The fourth-order valence-corrected chi connectivity index (χ4v) is 0.823. The van der Waals surface area contributed by atoms with Crippen LogP contribution in [0.5, 0.6) is 0 Å². The van der Waals surface area contributed by atoms with E-state index in [2.05, 4.69) is 5.92 Å². The van der Waals surface area contributed by atoms with E-state index in [4.69, 9.17) is 15.9 Å². The first-order valence-electron chi connectivity index (χ1n) is 3.49. The summed E-state index contributed by atoms with van der Waals surface area (Å²) in [7, 11) is 0. The predicted octanol–water partition coefficient (Wildman–Crippen LogP) is 1.54. The van der Waals surface area contributed by atoms with Gasteiger partial charge in [-0.1, -0.05) is 0 Å². The van der Waals surface area contributed by atoms with Gasteiger partial charge in [-0.15, -0.1) is 12.3 Å². The van der Waals surface area contributed by atoms with Crippen LogP contribution in [0.2, 0.25) is 0 Å². The van der Waals surface area contributed by atoms with E-state index in [-0.39, 0.29) is 5.76 Å². The summed E-state index contributed by atoms with van der Waals surface area (Å²) in [5.41, 5.74) is 0. The molecule has 3 nitrogen and oxygen atoms in total. The number of aromatic carboxylic acids is 1. The zero-order valence-corrected chi connectivity index (χ0v) is 6.41. The Hall–Kier alpha value is -1.69. The standard InChI is InChI=1S/C9H8O3/c1-2-3-4-7-5-6-8(12-7)9(10)11/h1,5-6H,3-4H2,(H,10,11). The molecule has 62 valence electrons. The lowest BCUT2D eigenvalue weighted by Gasteiger charge is -1.89. The topological polar surface area (TPSA) is 50.4 Å². The maximum atomic E-state index is 10.4. The average Bonchev–Trinajstić information content (AvgIpc) is 2.48. The van der Waals surface area contributed by atoms with E-state index in [1.165, 1.54) is 6.07 Å². The summed E-state index contributed by atoms with van der Waals surface area (Å²) in [6.07, 6.45) is 6.18. The van der Waals surface area contributed by atoms with Crippen molar-refractivity contribution < 1.29 is 14.3 Å². The molecule has 0 amide bonds. The molecular weight excluding hydrogens is 156 g/mol. The molecule has 0 aromatic carbocycles. The van der Waals surface area contributed by atoms with Crippen LogP contribution in [0.1, 0.15) is 22.7 Å². The lowest BCUT2D eigenvalue weighted by atomic mass is 10.2. The van der Waals surface area contributed by atoms with E-state index in [0.717, 1.165) is 0 Å². The molecule has 0 spiro atoms. The number of aryl methyl sites for hydroxylation is 1. The van der Waals surface area contributed by atoms with Crippen LogP contribution in [0.4, 0.5) is 0 Å². The average molecular weight is 164 g/mol. The van der Waals surface area contributed by atoms with E-state index in [1.807, 2.05) is 0 Å². The molecule has 0 unspecified atom stereocenters. The van der Waals surface area contributed by atoms with Crippen LogP contribution in [-0.2, 0) is 6.42 Å². The second-order valence-corrected chi connectivity index (χ2v) is 2.28. The quantitative estimate of drug-likeness (QED) is 0.689. The maximum Gasteiger partial charge on any atom is 0.371 e. The highest BCUT2D eigenvalue weighted by Gasteiger charge is 2.07. The Kier molecular flexibility index (Phi) is 2.54. The van der Waals surface area contributed by atoms with Gasteiger partial charge >= 0.3 is 5.97 Å². The number of hydrogen-bond donors (Lipinski definition) is 1. The Labute approximate surface area is 70.0 Å². The Morgan fingerprint density at radius 2 is 2.42 bits per heavy atom. The third-order valence-corrected chi connectivity index (χ3v) is 1.39. The molecule has 3 heteroatoms. The van der Waals surface area contributed by atoms with Gasteiger partial charge in [-0.2, -0.15) is 0 Å². The number of furan rings is 1. The molecule has 0 aliphatic rings. The van der Waals surface area contributed by atoms with Crippen molar-refractivity contribution in [3.63, 3.8) is 0 Å². The first-order valence-corrected chi connectivity index (χ1v) is 3.49. The number of carbonyl (C=O) groups is 1. The molecule has 0 bridgehead atoms. The van der Waals surface area contributed by atoms with Gasteiger partial charge < -0.3 is 9.52 Å². The number of rotatable bonds is 3. The smallest absolute Gasteiger partial charge is 0.371 e. The molecule has 12 heavy (non-hydrogen) atoms. The van der Waals surface area contributed by atoms with E-state index >= 15 is 0 Å². The van der Waals surface area contributed by atoms with Crippen molar-refractivity contribution in [1.29, 1.82) is 0 Å². The van der Waals surface area contributed by atoms with Crippen LogP contribution in [0.3, 0.4) is 0 Å². The van der Waals surface area contributed by atoms with E-state index in [9.17, 15) is 4.79 Å². The van der Waals surface area contributed by atoms with Crippen molar-refractivity contribution in [3.8, 4) is 12.3 Å². The third-order valence-electron chi connectivity index (χ3n) is 1.39. The Bertz CT molecular complexity index is 317. The third kappa shape index (κ3) is 1.89. The first-order chi connectivity index (χ1) is 5.74. The van der Waals surface area contributed by atoms with Gasteiger partial charge in [-0.3, -0.25) is 0 Å². The molecule has 1 rings (SSSR count). The highest BCUT2D eigenvalue weighted by molar-refractivity contribution is 5.84. The van der Waals surface area contributed by atoms with Crippen molar-refractivity contribution in [3.05, 3.63) is 23.7 Å². The van der Waals surface area contributed by atoms with Gasteiger partial charge in [0, 0.05) is 12.8 Å². The summed E-state index contributed by atoms with van der Waals surface area (Å²) in [5.74, 6) is 1.97. The minimum Gasteiger partial charge on any atom is -0.475 e. The Morgan fingerprint density at radius 3 is 2.92 bits per heavy atom. The highest BCUT2D eigenvalue weighted by atomic mass is 16.4. The molecule has 0 aliphatic heterocycles. The van der Waals surface area contributed by atoms with Crippen molar-refractivity contribution in [2.75, 3.05) is 0 Å². The van der Waals surface area contributed by atoms with Gasteiger partial charge in [0.1, 0.15) is 5.76 Å². The number of hydrogen-bond acceptors (Lipinski definition) is 2. The van der Waals surface area contributed by atoms with E-state index in [1.54, 1.807) is 6.07 Å². The fraction of sp³-hybridized carbons (Fsp3) is 0.222. The molecule has 1 aromatic rings. The lowest BCUT2D eigenvalue weighted by molar-refractivity contribution is 0.0660. The molecule has 0 fully saturated rings. The van der Waals surface area contributed by atoms with E-state index in [0.29, 0.717) is 18.6 Å².